The highest BCUT2D eigenvalue weighted by Gasteiger charge is 2.21. The number of carbonyl (C=O) groups excluding carboxylic acids is 2. The summed E-state index contributed by atoms with van der Waals surface area (Å²) >= 11 is 0. The van der Waals surface area contributed by atoms with Crippen LogP contribution >= 0.6 is 0 Å². The van der Waals surface area contributed by atoms with Crippen molar-refractivity contribution in [1.29, 1.82) is 0 Å². The molecule has 1 aromatic carbocycles. The van der Waals surface area contributed by atoms with Crippen LogP contribution in [0.4, 0.5) is 10.5 Å². The molecule has 0 aromatic heterocycles. The summed E-state index contributed by atoms with van der Waals surface area (Å²) in [6.07, 6.45) is 0.666. The molecule has 112 valence electrons. The van der Waals surface area contributed by atoms with Crippen LogP contribution in [-0.4, -0.2) is 47.5 Å². The summed E-state index contributed by atoms with van der Waals surface area (Å²) in [5.41, 5.74) is 1.05. The van der Waals surface area contributed by atoms with Crippen LogP contribution in [0.25, 0.3) is 0 Å². The van der Waals surface area contributed by atoms with Crippen LogP contribution in [0.2, 0.25) is 0 Å². The van der Waals surface area contributed by atoms with Crippen molar-refractivity contribution in [2.45, 2.75) is 13.3 Å². The van der Waals surface area contributed by atoms with Gasteiger partial charge >= 0.3 is 12.0 Å². The summed E-state index contributed by atoms with van der Waals surface area (Å²) in [7, 11) is 0. The average Bonchev–Trinajstić information content (AvgIpc) is 2.65. The number of aryl methyl sites for hydroxylation is 1. The topological polar surface area (TPSA) is 98.7 Å². The van der Waals surface area contributed by atoms with Gasteiger partial charge in [-0.15, -0.1) is 0 Å². The minimum absolute atomic E-state index is 0.0277. The summed E-state index contributed by atoms with van der Waals surface area (Å²) in [6, 6.07) is 4.29. The van der Waals surface area contributed by atoms with Crippen molar-refractivity contribution in [2.75, 3.05) is 25.0 Å². The first-order valence-electron chi connectivity index (χ1n) is 6.64. The van der Waals surface area contributed by atoms with Crippen LogP contribution < -0.4 is 10.6 Å². The highest BCUT2D eigenvalue weighted by molar-refractivity contribution is 6.00. The zero-order valence-corrected chi connectivity index (χ0v) is 11.7. The maximum absolute atomic E-state index is 12.2. The van der Waals surface area contributed by atoms with Gasteiger partial charge in [-0.05, 0) is 25.5 Å². The highest BCUT2D eigenvalue weighted by Crippen LogP contribution is 2.18. The summed E-state index contributed by atoms with van der Waals surface area (Å²) < 4.78 is 0. The number of carboxylic acids is 1. The molecule has 1 aliphatic heterocycles. The average molecular weight is 291 g/mol. The number of hydrogen-bond acceptors (Lipinski definition) is 3. The van der Waals surface area contributed by atoms with Gasteiger partial charge in [-0.1, -0.05) is 11.6 Å². The van der Waals surface area contributed by atoms with Gasteiger partial charge in [-0.25, -0.2) is 9.59 Å². The van der Waals surface area contributed by atoms with Crippen molar-refractivity contribution in [1.82, 2.24) is 10.2 Å². The molecule has 3 amide bonds. The number of rotatable bonds is 2. The summed E-state index contributed by atoms with van der Waals surface area (Å²) in [5, 5.41) is 14.4. The predicted molar refractivity (Wildman–Crippen MR) is 76.4 cm³/mol. The van der Waals surface area contributed by atoms with Crippen molar-refractivity contribution < 1.29 is 19.5 Å². The first-order chi connectivity index (χ1) is 9.97. The fraction of sp³-hybridized carbons (Fsp3) is 0.357. The molecule has 1 fully saturated rings. The highest BCUT2D eigenvalue weighted by atomic mass is 16.4. The molecule has 0 aliphatic carbocycles. The van der Waals surface area contributed by atoms with Gasteiger partial charge in [0.05, 0.1) is 11.3 Å². The minimum atomic E-state index is -1.11. The fourth-order valence-corrected chi connectivity index (χ4v) is 2.12. The van der Waals surface area contributed by atoms with E-state index < -0.39 is 12.0 Å². The van der Waals surface area contributed by atoms with Gasteiger partial charge in [-0.3, -0.25) is 4.79 Å². The number of benzene rings is 1. The van der Waals surface area contributed by atoms with Gasteiger partial charge in [0.25, 0.3) is 0 Å². The number of aromatic carboxylic acids is 1. The SMILES string of the molecule is Cc1ccc(NC(=O)N2CCCNC(=O)C2)c(C(=O)O)c1. The molecule has 0 saturated carbocycles. The molecular formula is C14H17N3O4. The second-order valence-corrected chi connectivity index (χ2v) is 4.91. The number of carbonyl (C=O) groups is 3. The van der Waals surface area contributed by atoms with E-state index in [2.05, 4.69) is 10.6 Å². The molecule has 1 aromatic rings. The maximum atomic E-state index is 12.2. The zero-order valence-electron chi connectivity index (χ0n) is 11.7. The number of nitrogens with zero attached hydrogens (tertiary/aromatic N) is 1. The Morgan fingerprint density at radius 3 is 2.86 bits per heavy atom. The van der Waals surface area contributed by atoms with Crippen molar-refractivity contribution in [3.8, 4) is 0 Å². The molecule has 7 heteroatoms. The van der Waals surface area contributed by atoms with E-state index in [-0.39, 0.29) is 23.7 Å². The summed E-state index contributed by atoms with van der Waals surface area (Å²) in [6.45, 7) is 2.73. The Bertz CT molecular complexity index is 586. The van der Waals surface area contributed by atoms with Crippen LogP contribution in [0.5, 0.6) is 0 Å². The van der Waals surface area contributed by atoms with Crippen LogP contribution in [0.15, 0.2) is 18.2 Å². The van der Waals surface area contributed by atoms with Gasteiger partial charge in [0, 0.05) is 13.1 Å². The first kappa shape index (κ1) is 14.8. The Morgan fingerprint density at radius 2 is 2.14 bits per heavy atom. The molecule has 21 heavy (non-hydrogen) atoms. The standard InChI is InChI=1S/C14H17N3O4/c1-9-3-4-11(10(7-9)13(19)20)16-14(21)17-6-2-5-15-12(18)8-17/h3-4,7H,2,5-6,8H2,1H3,(H,15,18)(H,16,21)(H,19,20). The predicted octanol–water partition coefficient (Wildman–Crippen LogP) is 1.05. The Kier molecular flexibility index (Phi) is 4.42. The molecule has 3 N–H and O–H groups in total. The van der Waals surface area contributed by atoms with Crippen molar-refractivity contribution in [3.63, 3.8) is 0 Å². The second kappa shape index (κ2) is 6.25. The number of nitrogens with one attached hydrogen (secondary N) is 2. The van der Waals surface area contributed by atoms with E-state index >= 15 is 0 Å². The Morgan fingerprint density at radius 1 is 1.38 bits per heavy atom. The van der Waals surface area contributed by atoms with E-state index in [9.17, 15) is 19.5 Å². The number of hydrogen-bond donors (Lipinski definition) is 3. The summed E-state index contributed by atoms with van der Waals surface area (Å²) in [5.74, 6) is -1.33. The van der Waals surface area contributed by atoms with E-state index in [1.54, 1.807) is 19.1 Å². The molecule has 0 spiro atoms. The van der Waals surface area contributed by atoms with Crippen molar-refractivity contribution in [3.05, 3.63) is 29.3 Å². The molecule has 0 bridgehead atoms. The molecule has 2 rings (SSSR count). The van der Waals surface area contributed by atoms with Gasteiger partial charge in [0.2, 0.25) is 5.91 Å². The normalized spacial score (nSPS) is 15.1. The molecule has 0 atom stereocenters. The number of amides is 3. The van der Waals surface area contributed by atoms with E-state index in [4.69, 9.17) is 0 Å². The van der Waals surface area contributed by atoms with Crippen LogP contribution in [0.1, 0.15) is 22.3 Å². The third-order valence-electron chi connectivity index (χ3n) is 3.20. The maximum Gasteiger partial charge on any atom is 0.337 e. The zero-order chi connectivity index (χ0) is 15.4. The second-order valence-electron chi connectivity index (χ2n) is 4.91. The Hall–Kier alpha value is -2.57. The Balaban J connectivity index is 2.15. The monoisotopic (exact) mass is 291 g/mol. The molecule has 7 nitrogen and oxygen atoms in total. The molecule has 1 saturated heterocycles. The number of anilines is 1. The van der Waals surface area contributed by atoms with Crippen molar-refractivity contribution in [2.24, 2.45) is 0 Å². The molecule has 0 radical (unpaired) electrons. The lowest BCUT2D eigenvalue weighted by molar-refractivity contribution is -0.120. The Labute approximate surface area is 121 Å². The lowest BCUT2D eigenvalue weighted by Gasteiger charge is -2.20. The van der Waals surface area contributed by atoms with Crippen LogP contribution in [-0.2, 0) is 4.79 Å². The van der Waals surface area contributed by atoms with E-state index in [0.29, 0.717) is 19.5 Å². The van der Waals surface area contributed by atoms with Gasteiger partial charge in [0.1, 0.15) is 6.54 Å². The quantitative estimate of drug-likeness (QED) is 0.758. The first-order valence-corrected chi connectivity index (χ1v) is 6.64. The largest absolute Gasteiger partial charge is 0.478 e. The molecule has 0 unspecified atom stereocenters. The number of urea groups is 1. The van der Waals surface area contributed by atoms with Gasteiger partial charge < -0.3 is 20.6 Å². The number of carboxylic acid groups (broad SMARTS) is 1. The van der Waals surface area contributed by atoms with Gasteiger partial charge in [-0.2, -0.15) is 0 Å². The van der Waals surface area contributed by atoms with Crippen molar-refractivity contribution >= 4 is 23.6 Å². The lowest BCUT2D eigenvalue weighted by Crippen LogP contribution is -2.40. The third-order valence-corrected chi connectivity index (χ3v) is 3.20. The third kappa shape index (κ3) is 3.71. The minimum Gasteiger partial charge on any atom is -0.478 e. The molecule has 1 aliphatic rings. The van der Waals surface area contributed by atoms with E-state index in [0.717, 1.165) is 5.56 Å². The smallest absolute Gasteiger partial charge is 0.337 e. The molecule has 1 heterocycles. The lowest BCUT2D eigenvalue weighted by atomic mass is 10.1. The van der Waals surface area contributed by atoms with E-state index in [1.807, 2.05) is 0 Å². The summed E-state index contributed by atoms with van der Waals surface area (Å²) in [4.78, 5) is 36.2. The molecular weight excluding hydrogens is 274 g/mol. The van der Waals surface area contributed by atoms with Crippen LogP contribution in [0.3, 0.4) is 0 Å². The fourth-order valence-electron chi connectivity index (χ4n) is 2.12. The van der Waals surface area contributed by atoms with E-state index in [1.165, 1.54) is 11.0 Å². The van der Waals surface area contributed by atoms with Crippen LogP contribution in [0, 0.1) is 6.92 Å². The van der Waals surface area contributed by atoms with Gasteiger partial charge in [0.15, 0.2) is 0 Å².